The summed E-state index contributed by atoms with van der Waals surface area (Å²) in [6.45, 7) is 5.68. The molecular formula is C29H41NO3. The van der Waals surface area contributed by atoms with E-state index in [1.165, 1.54) is 35.7 Å². The lowest BCUT2D eigenvalue weighted by Gasteiger charge is -2.57. The van der Waals surface area contributed by atoms with Crippen molar-refractivity contribution in [2.75, 3.05) is 25.6 Å². The summed E-state index contributed by atoms with van der Waals surface area (Å²) in [7, 11) is 4.17. The van der Waals surface area contributed by atoms with Crippen molar-refractivity contribution >= 4 is 11.5 Å². The quantitative estimate of drug-likeness (QED) is 0.627. The average molecular weight is 452 g/mol. The van der Waals surface area contributed by atoms with Gasteiger partial charge in [-0.15, -0.1) is 6.58 Å². The van der Waals surface area contributed by atoms with Gasteiger partial charge in [-0.05, 0) is 97.3 Å². The van der Waals surface area contributed by atoms with Gasteiger partial charge in [0.1, 0.15) is 0 Å². The Bertz CT molecular complexity index is 889. The third kappa shape index (κ3) is 4.44. The third-order valence-electron chi connectivity index (χ3n) is 9.22. The Morgan fingerprint density at radius 2 is 1.79 bits per heavy atom. The minimum Gasteiger partial charge on any atom is -0.393 e. The average Bonchev–Trinajstić information content (AvgIpc) is 3.12. The van der Waals surface area contributed by atoms with E-state index in [-0.39, 0.29) is 18.1 Å². The van der Waals surface area contributed by atoms with Crippen LogP contribution in [-0.4, -0.2) is 42.8 Å². The van der Waals surface area contributed by atoms with Gasteiger partial charge in [-0.25, -0.2) is 0 Å². The molecule has 0 aliphatic heterocycles. The molecule has 0 radical (unpaired) electrons. The summed E-state index contributed by atoms with van der Waals surface area (Å²) in [5.41, 5.74) is 4.14. The highest BCUT2D eigenvalue weighted by molar-refractivity contribution is 5.91. The Morgan fingerprint density at radius 1 is 1.09 bits per heavy atom. The van der Waals surface area contributed by atoms with Gasteiger partial charge in [0.05, 0.1) is 12.7 Å². The van der Waals surface area contributed by atoms with Crippen LogP contribution in [0.15, 0.2) is 48.6 Å². The number of hydrogen-bond donors (Lipinski definition) is 2. The van der Waals surface area contributed by atoms with Gasteiger partial charge in [0, 0.05) is 26.2 Å². The number of benzene rings is 1. The van der Waals surface area contributed by atoms with Crippen molar-refractivity contribution in [1.82, 2.24) is 0 Å². The van der Waals surface area contributed by atoms with Crippen LogP contribution in [-0.2, 0) is 4.79 Å². The molecule has 4 aliphatic carbocycles. The first-order valence-electron chi connectivity index (χ1n) is 12.7. The molecule has 1 aromatic carbocycles. The van der Waals surface area contributed by atoms with Crippen molar-refractivity contribution in [3.8, 4) is 0 Å². The van der Waals surface area contributed by atoms with E-state index in [0.29, 0.717) is 41.8 Å². The maximum Gasteiger partial charge on any atom is 0.155 e. The smallest absolute Gasteiger partial charge is 0.155 e. The van der Waals surface area contributed by atoms with E-state index < -0.39 is 0 Å². The molecule has 5 rings (SSSR count). The van der Waals surface area contributed by atoms with Gasteiger partial charge >= 0.3 is 0 Å². The van der Waals surface area contributed by atoms with Gasteiger partial charge in [0.25, 0.3) is 0 Å². The van der Waals surface area contributed by atoms with Gasteiger partial charge in [-0.1, -0.05) is 30.7 Å². The molecule has 33 heavy (non-hydrogen) atoms. The molecule has 0 amide bonds. The van der Waals surface area contributed by atoms with Crippen LogP contribution in [0.1, 0.15) is 63.4 Å². The maximum atomic E-state index is 12.1. The van der Waals surface area contributed by atoms with Gasteiger partial charge in [0.2, 0.25) is 0 Å². The molecule has 1 aromatic rings. The van der Waals surface area contributed by atoms with Crippen molar-refractivity contribution in [3.63, 3.8) is 0 Å². The number of ketones is 1. The highest BCUT2D eigenvalue weighted by Crippen LogP contribution is 2.65. The van der Waals surface area contributed by atoms with Crippen LogP contribution < -0.4 is 4.90 Å². The molecule has 0 saturated heterocycles. The summed E-state index contributed by atoms with van der Waals surface area (Å²) >= 11 is 0. The number of anilines is 1. The zero-order chi connectivity index (χ0) is 23.8. The number of aliphatic hydroxyl groups excluding tert-OH is 2. The van der Waals surface area contributed by atoms with Crippen LogP contribution in [0.5, 0.6) is 0 Å². The summed E-state index contributed by atoms with van der Waals surface area (Å²) in [6, 6.07) is 9.14. The second-order valence-electron chi connectivity index (χ2n) is 11.1. The van der Waals surface area contributed by atoms with Crippen LogP contribution in [0, 0.1) is 29.1 Å². The van der Waals surface area contributed by atoms with Crippen molar-refractivity contribution < 1.29 is 15.0 Å². The van der Waals surface area contributed by atoms with E-state index in [2.05, 4.69) is 56.8 Å². The lowest BCUT2D eigenvalue weighted by Crippen LogP contribution is -2.50. The first-order chi connectivity index (χ1) is 15.8. The predicted octanol–water partition coefficient (Wildman–Crippen LogP) is 5.11. The molecule has 0 spiro atoms. The normalized spacial score (nSPS) is 37.0. The molecule has 180 valence electrons. The SMILES string of the molecule is C=CCO.CN(C)c1ccc([C@H]2C[C@]3(C)C(O)CCC3C3CCC4=CC(=O)CCC4C32)cc1. The standard InChI is InChI=1S/C26H35NO2.C3H6O/c1-26-15-22(16-4-7-18(8-5-16)27(2)3)25-20-11-9-19(28)14-17(20)6-10-21(25)23(26)12-13-24(26)29;1-2-3-4/h4-5,7-8,14,20-25,29H,6,9-13,15H2,1-3H3;2,4H,1,3H2/t20?,21?,22-,23?,24?,25?,26+;/m1./s1. The third-order valence-corrected chi connectivity index (χ3v) is 9.22. The maximum absolute atomic E-state index is 12.1. The molecule has 4 aliphatic rings. The molecule has 5 unspecified atom stereocenters. The summed E-state index contributed by atoms with van der Waals surface area (Å²) in [4.78, 5) is 14.2. The molecule has 4 nitrogen and oxygen atoms in total. The number of allylic oxidation sites excluding steroid dienone is 1. The molecule has 0 heterocycles. The van der Waals surface area contributed by atoms with Crippen LogP contribution in [0.2, 0.25) is 0 Å². The second-order valence-corrected chi connectivity index (χ2v) is 11.1. The van der Waals surface area contributed by atoms with Crippen LogP contribution in [0.25, 0.3) is 0 Å². The van der Waals surface area contributed by atoms with E-state index >= 15 is 0 Å². The molecule has 0 aromatic heterocycles. The van der Waals surface area contributed by atoms with Crippen molar-refractivity contribution in [2.24, 2.45) is 29.1 Å². The number of fused-ring (bicyclic) bond motifs is 5. The summed E-state index contributed by atoms with van der Waals surface area (Å²) < 4.78 is 0. The Kier molecular flexibility index (Phi) is 7.16. The summed E-state index contributed by atoms with van der Waals surface area (Å²) in [5, 5.41) is 18.7. The monoisotopic (exact) mass is 451 g/mol. The first kappa shape index (κ1) is 24.2. The van der Waals surface area contributed by atoms with E-state index in [9.17, 15) is 9.90 Å². The Morgan fingerprint density at radius 3 is 2.42 bits per heavy atom. The Balaban J connectivity index is 0.000000601. The van der Waals surface area contributed by atoms with Gasteiger partial charge < -0.3 is 15.1 Å². The number of rotatable bonds is 3. The Hall–Kier alpha value is -1.91. The molecular weight excluding hydrogens is 410 g/mol. The van der Waals surface area contributed by atoms with Gasteiger partial charge in [0.15, 0.2) is 5.78 Å². The van der Waals surface area contributed by atoms with Gasteiger partial charge in [-0.3, -0.25) is 4.79 Å². The molecule has 3 fully saturated rings. The summed E-state index contributed by atoms with van der Waals surface area (Å²) in [6.07, 6.45) is 10.5. The van der Waals surface area contributed by atoms with E-state index in [0.717, 1.165) is 25.7 Å². The second kappa shape index (κ2) is 9.76. The molecule has 2 N–H and O–H groups in total. The molecule has 4 heteroatoms. The van der Waals surface area contributed by atoms with E-state index in [1.54, 1.807) is 0 Å². The zero-order valence-corrected chi connectivity index (χ0v) is 20.5. The van der Waals surface area contributed by atoms with Crippen LogP contribution >= 0.6 is 0 Å². The largest absolute Gasteiger partial charge is 0.393 e. The van der Waals surface area contributed by atoms with Crippen molar-refractivity contribution in [2.45, 2.75) is 63.9 Å². The fraction of sp³-hybridized carbons (Fsp3) is 0.621. The number of carbonyl (C=O) groups excluding carboxylic acids is 1. The predicted molar refractivity (Wildman–Crippen MR) is 134 cm³/mol. The number of hydrogen-bond acceptors (Lipinski definition) is 4. The van der Waals surface area contributed by atoms with Crippen molar-refractivity contribution in [3.05, 3.63) is 54.1 Å². The molecule has 7 atom stereocenters. The highest BCUT2D eigenvalue weighted by Gasteiger charge is 2.59. The van der Waals surface area contributed by atoms with Crippen LogP contribution in [0.4, 0.5) is 5.69 Å². The molecule has 3 saturated carbocycles. The number of nitrogens with zero attached hydrogens (tertiary/aromatic N) is 1. The summed E-state index contributed by atoms with van der Waals surface area (Å²) in [5.74, 6) is 3.31. The minimum atomic E-state index is -0.165. The van der Waals surface area contributed by atoms with E-state index in [4.69, 9.17) is 5.11 Å². The van der Waals surface area contributed by atoms with E-state index in [1.807, 2.05) is 6.08 Å². The van der Waals surface area contributed by atoms with Gasteiger partial charge in [-0.2, -0.15) is 0 Å². The Labute approximate surface area is 199 Å². The fourth-order valence-corrected chi connectivity index (χ4v) is 7.64. The number of aliphatic hydroxyl groups is 2. The first-order valence-corrected chi connectivity index (χ1v) is 12.7. The van der Waals surface area contributed by atoms with Crippen LogP contribution in [0.3, 0.4) is 0 Å². The topological polar surface area (TPSA) is 60.8 Å². The zero-order valence-electron chi connectivity index (χ0n) is 20.5. The lowest BCUT2D eigenvalue weighted by molar-refractivity contribution is -0.116. The fourth-order valence-electron chi connectivity index (χ4n) is 7.64. The van der Waals surface area contributed by atoms with Crippen molar-refractivity contribution in [1.29, 1.82) is 0 Å². The lowest BCUT2D eigenvalue weighted by atomic mass is 9.48. The number of carbonyl (C=O) groups is 1. The molecule has 0 bridgehead atoms. The highest BCUT2D eigenvalue weighted by atomic mass is 16.3. The minimum absolute atomic E-state index is 0.0394.